The topological polar surface area (TPSA) is 76.4 Å². The molecule has 1 unspecified atom stereocenters. The molecule has 1 aromatic heterocycles. The zero-order valence-corrected chi connectivity index (χ0v) is 14.7. The number of carbonyl (C=O) groups is 1. The molecule has 0 saturated heterocycles. The van der Waals surface area contributed by atoms with Crippen molar-refractivity contribution >= 4 is 15.7 Å². The summed E-state index contributed by atoms with van der Waals surface area (Å²) in [5, 5.41) is 1.27. The summed E-state index contributed by atoms with van der Waals surface area (Å²) in [5.74, 6) is -2.81. The first-order valence-corrected chi connectivity index (χ1v) is 9.50. The minimum Gasteiger partial charge on any atom is -0.468 e. The maximum Gasteiger partial charge on any atom is 0.251 e. The van der Waals surface area contributed by atoms with Gasteiger partial charge in [-0.25, -0.2) is 17.2 Å². The lowest BCUT2D eigenvalue weighted by atomic mass is 10.2. The molecule has 8 heteroatoms. The Morgan fingerprint density at radius 1 is 1.00 bits per heavy atom. The van der Waals surface area contributed by atoms with Crippen LogP contribution in [0, 0.1) is 11.6 Å². The fraction of sp³-hybridized carbons (Fsp3) is 0.105. The Labute approximate surface area is 154 Å². The number of halogens is 2. The smallest absolute Gasteiger partial charge is 0.251 e. The van der Waals surface area contributed by atoms with E-state index in [9.17, 15) is 22.0 Å². The van der Waals surface area contributed by atoms with Crippen LogP contribution in [0.2, 0.25) is 0 Å². The van der Waals surface area contributed by atoms with Crippen LogP contribution in [0.3, 0.4) is 0 Å². The highest BCUT2D eigenvalue weighted by Gasteiger charge is 2.31. The summed E-state index contributed by atoms with van der Waals surface area (Å²) >= 11 is 0. The van der Waals surface area contributed by atoms with Gasteiger partial charge in [0.2, 0.25) is 0 Å². The second-order valence-electron chi connectivity index (χ2n) is 5.70. The molecule has 0 radical (unpaired) electrons. The van der Waals surface area contributed by atoms with E-state index in [1.54, 1.807) is 24.3 Å². The molecule has 0 spiro atoms. The van der Waals surface area contributed by atoms with Crippen molar-refractivity contribution in [2.24, 2.45) is 0 Å². The highest BCUT2D eigenvalue weighted by Crippen LogP contribution is 2.28. The number of nitrogens with one attached hydrogen (secondary N) is 1. The molecule has 27 heavy (non-hydrogen) atoms. The lowest BCUT2D eigenvalue weighted by molar-refractivity contribution is 0.0952. The maximum absolute atomic E-state index is 13.3. The van der Waals surface area contributed by atoms with Crippen LogP contribution in [-0.2, 0) is 9.84 Å². The van der Waals surface area contributed by atoms with Crippen molar-refractivity contribution in [1.82, 2.24) is 5.32 Å². The second-order valence-corrected chi connectivity index (χ2v) is 7.83. The van der Waals surface area contributed by atoms with E-state index in [0.29, 0.717) is 0 Å². The summed E-state index contributed by atoms with van der Waals surface area (Å²) in [6.45, 7) is -0.303. The Kier molecular flexibility index (Phi) is 5.36. The fourth-order valence-corrected chi connectivity index (χ4v) is 4.14. The molecule has 0 aliphatic rings. The molecule has 2 aromatic carbocycles. The molecule has 0 fully saturated rings. The Bertz CT molecular complexity index is 1030. The van der Waals surface area contributed by atoms with Crippen LogP contribution >= 0.6 is 0 Å². The Morgan fingerprint density at radius 2 is 1.74 bits per heavy atom. The van der Waals surface area contributed by atoms with Gasteiger partial charge in [0, 0.05) is 12.1 Å². The molecule has 1 atom stereocenters. The van der Waals surface area contributed by atoms with Gasteiger partial charge in [-0.15, -0.1) is 0 Å². The van der Waals surface area contributed by atoms with Crippen LogP contribution < -0.4 is 5.32 Å². The van der Waals surface area contributed by atoms with E-state index in [1.165, 1.54) is 24.5 Å². The first kappa shape index (κ1) is 18.8. The minimum absolute atomic E-state index is 0.0773. The summed E-state index contributed by atoms with van der Waals surface area (Å²) in [7, 11) is -3.86. The molecular formula is C19H15F2NO4S. The van der Waals surface area contributed by atoms with Crippen LogP contribution in [0.15, 0.2) is 76.2 Å². The first-order valence-electron chi connectivity index (χ1n) is 7.95. The van der Waals surface area contributed by atoms with Gasteiger partial charge >= 0.3 is 0 Å². The standard InChI is InChI=1S/C19H15F2NO4S/c20-15-9-8-13(11-16(15)21)19(23)22-12-18(17-7-4-10-26-17)27(24,25)14-5-2-1-3-6-14/h1-11,18H,12H2,(H,22,23). The van der Waals surface area contributed by atoms with Gasteiger partial charge in [-0.2, -0.15) is 0 Å². The molecule has 1 N–H and O–H groups in total. The molecule has 0 bridgehead atoms. The average molecular weight is 391 g/mol. The third-order valence-corrected chi connectivity index (χ3v) is 6.01. The van der Waals surface area contributed by atoms with E-state index in [4.69, 9.17) is 4.42 Å². The highest BCUT2D eigenvalue weighted by molar-refractivity contribution is 7.91. The van der Waals surface area contributed by atoms with Gasteiger partial charge in [0.05, 0.1) is 11.2 Å². The van der Waals surface area contributed by atoms with Gasteiger partial charge in [0.1, 0.15) is 11.0 Å². The van der Waals surface area contributed by atoms with Gasteiger partial charge in [0.25, 0.3) is 5.91 Å². The number of hydrogen-bond acceptors (Lipinski definition) is 4. The van der Waals surface area contributed by atoms with Crippen molar-refractivity contribution in [3.05, 3.63) is 89.9 Å². The fourth-order valence-electron chi connectivity index (χ4n) is 2.54. The normalized spacial score (nSPS) is 12.5. The highest BCUT2D eigenvalue weighted by atomic mass is 32.2. The average Bonchev–Trinajstić information content (AvgIpc) is 3.19. The summed E-state index contributed by atoms with van der Waals surface area (Å²) in [6.07, 6.45) is 1.33. The van der Waals surface area contributed by atoms with E-state index in [1.807, 2.05) is 0 Å². The lowest BCUT2D eigenvalue weighted by Crippen LogP contribution is -2.31. The van der Waals surface area contributed by atoms with Gasteiger partial charge in [0.15, 0.2) is 21.5 Å². The predicted molar refractivity (Wildman–Crippen MR) is 93.8 cm³/mol. The number of amides is 1. The number of hydrogen-bond donors (Lipinski definition) is 1. The zero-order chi connectivity index (χ0) is 19.4. The number of benzene rings is 2. The van der Waals surface area contributed by atoms with Crippen molar-refractivity contribution < 1.29 is 26.4 Å². The first-order chi connectivity index (χ1) is 12.9. The van der Waals surface area contributed by atoms with Gasteiger partial charge in [-0.3, -0.25) is 4.79 Å². The van der Waals surface area contributed by atoms with E-state index < -0.39 is 32.6 Å². The summed E-state index contributed by atoms with van der Waals surface area (Å²) < 4.78 is 57.5. The number of carbonyl (C=O) groups excluding carboxylic acids is 1. The summed E-state index contributed by atoms with van der Waals surface area (Å²) in [6, 6.07) is 13.5. The summed E-state index contributed by atoms with van der Waals surface area (Å²) in [4.78, 5) is 12.3. The van der Waals surface area contributed by atoms with Crippen molar-refractivity contribution in [2.45, 2.75) is 10.1 Å². The largest absolute Gasteiger partial charge is 0.468 e. The number of furan rings is 1. The van der Waals surface area contributed by atoms with Crippen molar-refractivity contribution in [2.75, 3.05) is 6.54 Å². The van der Waals surface area contributed by atoms with Crippen LogP contribution in [0.4, 0.5) is 8.78 Å². The zero-order valence-electron chi connectivity index (χ0n) is 13.9. The summed E-state index contributed by atoms with van der Waals surface area (Å²) in [5.41, 5.74) is -0.121. The molecule has 0 aliphatic carbocycles. The van der Waals surface area contributed by atoms with Crippen LogP contribution in [0.5, 0.6) is 0 Å². The van der Waals surface area contributed by atoms with Gasteiger partial charge < -0.3 is 9.73 Å². The lowest BCUT2D eigenvalue weighted by Gasteiger charge is -2.16. The van der Waals surface area contributed by atoms with Crippen LogP contribution in [0.1, 0.15) is 21.4 Å². The van der Waals surface area contributed by atoms with Crippen LogP contribution in [0.25, 0.3) is 0 Å². The molecule has 3 rings (SSSR count). The van der Waals surface area contributed by atoms with Crippen LogP contribution in [-0.4, -0.2) is 20.9 Å². The predicted octanol–water partition coefficient (Wildman–Crippen LogP) is 3.50. The number of rotatable bonds is 6. The molecular weight excluding hydrogens is 376 g/mol. The van der Waals surface area contributed by atoms with E-state index >= 15 is 0 Å². The van der Waals surface area contributed by atoms with E-state index in [-0.39, 0.29) is 22.8 Å². The quantitative estimate of drug-likeness (QED) is 0.698. The van der Waals surface area contributed by atoms with Crippen molar-refractivity contribution in [1.29, 1.82) is 0 Å². The van der Waals surface area contributed by atoms with Crippen molar-refractivity contribution in [3.63, 3.8) is 0 Å². The molecule has 1 amide bonds. The molecule has 5 nitrogen and oxygen atoms in total. The van der Waals surface area contributed by atoms with Crippen molar-refractivity contribution in [3.8, 4) is 0 Å². The molecule has 3 aromatic rings. The van der Waals surface area contributed by atoms with E-state index in [0.717, 1.165) is 18.2 Å². The van der Waals surface area contributed by atoms with E-state index in [2.05, 4.69) is 5.32 Å². The maximum atomic E-state index is 13.3. The Hall–Kier alpha value is -3.00. The third-order valence-electron chi connectivity index (χ3n) is 3.94. The minimum atomic E-state index is -3.86. The molecule has 0 aliphatic heterocycles. The Balaban J connectivity index is 1.85. The monoisotopic (exact) mass is 391 g/mol. The SMILES string of the molecule is O=C(NCC(c1ccco1)S(=O)(=O)c1ccccc1)c1ccc(F)c(F)c1. The number of sulfone groups is 1. The molecule has 0 saturated carbocycles. The van der Waals surface area contributed by atoms with Gasteiger partial charge in [-0.05, 0) is 42.5 Å². The van der Waals surface area contributed by atoms with Gasteiger partial charge in [-0.1, -0.05) is 18.2 Å². The Morgan fingerprint density at radius 3 is 2.37 bits per heavy atom. The second kappa shape index (κ2) is 7.71. The molecule has 1 heterocycles. The molecule has 140 valence electrons. The third kappa shape index (κ3) is 4.06.